The number of isothiocyanates is 1. The number of phenolic OH excluding ortho intramolecular Hbond substituents is 2. The number of halogens is 6. The summed E-state index contributed by atoms with van der Waals surface area (Å²) in [6, 6.07) is 76.2. The third-order valence-corrected chi connectivity index (χ3v) is 15.2. The molecule has 3 aromatic heterocycles. The van der Waals surface area contributed by atoms with Gasteiger partial charge in [-0.3, -0.25) is 4.39 Å². The third kappa shape index (κ3) is 32.2. The van der Waals surface area contributed by atoms with Crippen molar-refractivity contribution >= 4 is 149 Å². The zero-order valence-corrected chi connectivity index (χ0v) is 68.9. The molecule has 0 fully saturated rings. The standard InChI is InChI=1S/C27H25N3OS.C25H21N3O2S.C18H17N3.C8H7NOS.CH2Cl2.CH3F.BBr3.Na.H/c1-19-8-12-22(13-9-19)25-18-28-27(24(29-25)16-20-6-4-3-5-7-20)30-26(32)17-21-10-14-23(31-2)15-11-21;29-20-10-6-18(7-11-20)15-24(31)28-25-22(14-17-4-2-1-3-5-17)27-23(16-26-25)19-8-12-21(30)13-9-19;1-13-7-9-15(10-8-13)17-12-20-18(19)16(21-17)11-14-5-3-2-4-6-14;1-10-8-4-2-7(3-5-8)9-6-11;2-1-3;1-2;2-1(3)4;;/h3-15,18H,16-17H2,1-2H3,(H,28,30,32);1-13,16,29-30H,14-15H2,(H,26,28,31);2-10,12H,11H2,1H3,(H2,19,20);2-5H,1H3;1H2;1H3;;;/q;;;;;;;+1;-1/i;;;;;1D;;;. The zero-order chi connectivity index (χ0) is 75.7. The summed E-state index contributed by atoms with van der Waals surface area (Å²) in [5.41, 5.74) is 22.7. The number of alkyl halides is 3. The molecule has 6 N–H and O–H groups in total. The third-order valence-electron chi connectivity index (χ3n) is 14.7. The first kappa shape index (κ1) is 85.7. The first-order chi connectivity index (χ1) is 50.8. The van der Waals surface area contributed by atoms with Crippen LogP contribution in [-0.4, -0.2) is 85.2 Å². The molecule has 12 rings (SSSR count). The normalized spacial score (nSPS) is 9.94. The number of nitrogens with one attached hydrogen (secondary N) is 2. The molecule has 0 amide bonds. The van der Waals surface area contributed by atoms with Crippen LogP contribution in [0.1, 0.15) is 58.8 Å². The summed E-state index contributed by atoms with van der Waals surface area (Å²) >= 11 is 34.5. The van der Waals surface area contributed by atoms with Gasteiger partial charge in [-0.2, -0.15) is 4.99 Å². The quantitative estimate of drug-likeness (QED) is 0.0235. The minimum Gasteiger partial charge on any atom is -1.00 e. The van der Waals surface area contributed by atoms with Crippen molar-refractivity contribution in [1.82, 2.24) is 29.9 Å². The van der Waals surface area contributed by atoms with Crippen LogP contribution >= 0.6 is 107 Å². The van der Waals surface area contributed by atoms with E-state index in [1.54, 1.807) is 57.1 Å². The Balaban J connectivity index is 0.000000300. The fraction of sp³-hybridized carbons (Fsp3) is 0.138. The van der Waals surface area contributed by atoms with Gasteiger partial charge in [0, 0.05) is 48.8 Å². The van der Waals surface area contributed by atoms with E-state index in [9.17, 15) is 14.6 Å². The molecule has 0 unspecified atom stereocenters. The molecule has 0 saturated carbocycles. The van der Waals surface area contributed by atoms with Gasteiger partial charge in [-0.1, -0.05) is 199 Å². The molecule has 14 nitrogen and oxygen atoms in total. The Labute approximate surface area is 690 Å². The van der Waals surface area contributed by atoms with Crippen LogP contribution in [0.3, 0.4) is 0 Å². The number of benzene rings is 9. The fourth-order valence-corrected chi connectivity index (χ4v) is 10.2. The second-order valence-corrected chi connectivity index (χ2v) is 30.6. The Morgan fingerprint density at radius 2 is 0.829 bits per heavy atom. The number of rotatable bonds is 18. The first-order valence-corrected chi connectivity index (χ1v) is 36.9. The molecule has 3 heterocycles. The van der Waals surface area contributed by atoms with Gasteiger partial charge < -0.3 is 37.5 Å². The Hall–Kier alpha value is -8.19. The van der Waals surface area contributed by atoms with E-state index in [4.69, 9.17) is 79.2 Å². The molecule has 12 aromatic rings. The first-order valence-electron chi connectivity index (χ1n) is 32.5. The van der Waals surface area contributed by atoms with Gasteiger partial charge in [-0.05, 0) is 127 Å². The Morgan fingerprint density at radius 1 is 0.524 bits per heavy atom. The number of thiocarbonyl (C=S) groups is 3. The van der Waals surface area contributed by atoms with Gasteiger partial charge in [0.1, 0.15) is 28.8 Å². The van der Waals surface area contributed by atoms with Crippen molar-refractivity contribution in [3.8, 4) is 56.8 Å². The molecule has 534 valence electrons. The van der Waals surface area contributed by atoms with Crippen LogP contribution in [0.15, 0.2) is 260 Å². The van der Waals surface area contributed by atoms with Gasteiger partial charge in [-0.25, -0.2) is 29.9 Å². The molecule has 0 aliphatic rings. The Morgan fingerprint density at radius 3 is 1.18 bits per heavy atom. The van der Waals surface area contributed by atoms with E-state index in [0.717, 1.165) is 84.7 Å². The van der Waals surface area contributed by atoms with Crippen molar-refractivity contribution in [3.63, 3.8) is 0 Å². The van der Waals surface area contributed by atoms with Crippen molar-refractivity contribution in [1.29, 1.82) is 0 Å². The number of nitrogens with two attached hydrogens (primary N) is 1. The minimum absolute atomic E-state index is 0. The molecular formula is C80H76BBr3Cl2FN10NaO4S3. The predicted molar refractivity (Wildman–Crippen MR) is 452 cm³/mol. The van der Waals surface area contributed by atoms with Crippen molar-refractivity contribution < 1.29 is 56.4 Å². The van der Waals surface area contributed by atoms with E-state index < -0.39 is 7.15 Å². The Bertz CT molecular complexity index is 4640. The number of aromatic hydroxyl groups is 2. The molecule has 0 spiro atoms. The molecule has 105 heavy (non-hydrogen) atoms. The number of nitrogen functional groups attached to an aromatic ring is 1. The summed E-state index contributed by atoms with van der Waals surface area (Å²) in [7, 11) is 2.28. The molecule has 25 heteroatoms. The second-order valence-electron chi connectivity index (χ2n) is 22.2. The van der Waals surface area contributed by atoms with E-state index in [1.165, 1.54) is 22.3 Å². The van der Waals surface area contributed by atoms with Crippen LogP contribution in [0.4, 0.5) is 27.5 Å². The van der Waals surface area contributed by atoms with Crippen LogP contribution in [0, 0.1) is 13.8 Å². The van der Waals surface area contributed by atoms with Crippen molar-refractivity contribution in [2.24, 2.45) is 4.99 Å². The van der Waals surface area contributed by atoms with Crippen LogP contribution < -0.4 is 55.4 Å². The van der Waals surface area contributed by atoms with Gasteiger partial charge >= 0.3 is 32.7 Å². The monoisotopic (exact) mass is 1700 g/mol. The molecule has 0 radical (unpaired) electrons. The van der Waals surface area contributed by atoms with E-state index in [2.05, 4.69) is 182 Å². The topological polar surface area (TPSA) is 199 Å². The minimum atomic E-state index is -1.00. The Kier molecular flexibility index (Phi) is 39.9. The van der Waals surface area contributed by atoms with E-state index >= 15 is 0 Å². The number of ether oxygens (including phenoxy) is 2. The van der Waals surface area contributed by atoms with Crippen LogP contribution in [0.25, 0.3) is 33.8 Å². The molecule has 9 aromatic carbocycles. The predicted octanol–water partition coefficient (Wildman–Crippen LogP) is 18.5. The second kappa shape index (κ2) is 48.8. The van der Waals surface area contributed by atoms with Gasteiger partial charge in [0.15, 0.2) is 11.6 Å². The smallest absolute Gasteiger partial charge is 1.00 e. The maximum atomic E-state index is 9.96. The van der Waals surface area contributed by atoms with Gasteiger partial charge in [0.05, 0.1) is 102 Å². The summed E-state index contributed by atoms with van der Waals surface area (Å²) < 4.78 is 26.0. The van der Waals surface area contributed by atoms with Crippen molar-refractivity contribution in [2.75, 3.05) is 43.1 Å². The molecule has 0 atom stereocenters. The summed E-state index contributed by atoms with van der Waals surface area (Å²) in [6.45, 7) is 4.15. The number of aryl methyl sites for hydroxylation is 2. The van der Waals surface area contributed by atoms with Crippen molar-refractivity contribution in [3.05, 3.63) is 311 Å². The molecule has 0 aliphatic carbocycles. The molecule has 0 bridgehead atoms. The molecule has 0 saturated heterocycles. The number of methoxy groups -OCH3 is 2. The van der Waals surface area contributed by atoms with Crippen LogP contribution in [0.2, 0.25) is 0 Å². The number of hydrogen-bond donors (Lipinski definition) is 5. The molecular weight excluding hydrogens is 1620 g/mol. The average Bonchev–Trinajstić information content (AvgIpc) is 0.829. The van der Waals surface area contributed by atoms with Gasteiger partial charge in [0.2, 0.25) is 0 Å². The number of nitrogens with zero attached hydrogens (tertiary/aromatic N) is 7. The van der Waals surface area contributed by atoms with Crippen molar-refractivity contribution in [2.45, 2.75) is 46.0 Å². The van der Waals surface area contributed by atoms with E-state index in [-0.39, 0.29) is 51.0 Å². The van der Waals surface area contributed by atoms with Gasteiger partial charge in [-0.15, -0.1) is 70.5 Å². The average molecular weight is 1700 g/mol. The van der Waals surface area contributed by atoms with E-state index in [0.29, 0.717) is 59.5 Å². The number of anilines is 3. The maximum Gasteiger partial charge on any atom is 1.00 e. The fourth-order valence-electron chi connectivity index (χ4n) is 9.53. The van der Waals surface area contributed by atoms with Gasteiger partial charge in [0.25, 0.3) is 0 Å². The SMILES string of the molecule is BrB(Br)Br.COc1ccc(CC(=S)Nc2ncc(-c3ccc(C)cc3)nc2Cc2ccccc2)cc1.COc1ccc(N=C=S)cc1.Cc1ccc(-c2cnc(N)c(Cc3ccccc3)n2)cc1.ClCCl.Oc1ccc(CC(=S)Nc2ncc(-c3ccc(O)cc3)nc2Cc2ccccc2)cc1.[2H]CF.[H-].[Na+]. The molecule has 0 aliphatic heterocycles. The summed E-state index contributed by atoms with van der Waals surface area (Å²) in [5.74, 6) is 3.89. The maximum absolute atomic E-state index is 9.96. The summed E-state index contributed by atoms with van der Waals surface area (Å²) in [6.07, 6.45) is 8.34. The van der Waals surface area contributed by atoms with E-state index in [1.807, 2.05) is 140 Å². The number of phenols is 2. The van der Waals surface area contributed by atoms with Crippen LogP contribution in [-0.2, 0) is 32.1 Å². The number of aliphatic imine (C=N–C) groups is 1. The van der Waals surface area contributed by atoms with Crippen LogP contribution in [0.5, 0.6) is 23.0 Å². The number of hydrogen-bond acceptors (Lipinski definition) is 15. The summed E-state index contributed by atoms with van der Waals surface area (Å²) in [5, 5.41) is 28.1. The largest absolute Gasteiger partial charge is 1.00 e. The zero-order valence-electron chi connectivity index (χ0n) is 60.2. The summed E-state index contributed by atoms with van der Waals surface area (Å²) in [4.78, 5) is 33.2. The number of aromatic nitrogens is 6.